The second-order valence-electron chi connectivity index (χ2n) is 5.55. The Morgan fingerprint density at radius 1 is 1.28 bits per heavy atom. The highest BCUT2D eigenvalue weighted by molar-refractivity contribution is 5.44. The van der Waals surface area contributed by atoms with Gasteiger partial charge in [-0.25, -0.2) is 0 Å². The fraction of sp³-hybridized carbons (Fsp3) is 0.600. The molecule has 0 aliphatic heterocycles. The summed E-state index contributed by atoms with van der Waals surface area (Å²) in [6.07, 6.45) is 5.32. The molecule has 0 amide bonds. The second kappa shape index (κ2) is 6.10. The third-order valence-corrected chi connectivity index (χ3v) is 3.89. The zero-order chi connectivity index (χ0) is 13.0. The van der Waals surface area contributed by atoms with Crippen molar-refractivity contribution in [2.75, 3.05) is 6.54 Å². The first kappa shape index (κ1) is 13.2. The van der Waals surface area contributed by atoms with Crippen LogP contribution in [0.5, 0.6) is 11.5 Å². The largest absolute Gasteiger partial charge is 0.504 e. The van der Waals surface area contributed by atoms with Crippen LogP contribution in [0.2, 0.25) is 0 Å². The van der Waals surface area contributed by atoms with Gasteiger partial charge < -0.3 is 15.5 Å². The van der Waals surface area contributed by atoms with Gasteiger partial charge in [-0.3, -0.25) is 0 Å². The van der Waals surface area contributed by atoms with E-state index in [1.807, 2.05) is 6.07 Å². The molecule has 1 aliphatic rings. The van der Waals surface area contributed by atoms with Crippen LogP contribution in [0.1, 0.15) is 38.2 Å². The molecule has 1 saturated carbocycles. The van der Waals surface area contributed by atoms with Crippen LogP contribution in [0.4, 0.5) is 0 Å². The number of para-hydroxylation sites is 1. The summed E-state index contributed by atoms with van der Waals surface area (Å²) in [6.45, 7) is 3.94. The highest BCUT2D eigenvalue weighted by atomic mass is 16.3. The van der Waals surface area contributed by atoms with E-state index in [0.29, 0.717) is 6.54 Å². The number of hydrogen-bond acceptors (Lipinski definition) is 3. The van der Waals surface area contributed by atoms with Gasteiger partial charge in [0.25, 0.3) is 0 Å². The zero-order valence-corrected chi connectivity index (χ0v) is 11.0. The Kier molecular flexibility index (Phi) is 4.48. The Balaban J connectivity index is 1.79. The maximum absolute atomic E-state index is 9.69. The minimum atomic E-state index is -0.0411. The minimum Gasteiger partial charge on any atom is -0.504 e. The lowest BCUT2D eigenvalue weighted by molar-refractivity contribution is 0.273. The standard InChI is InChI=1S/C15H23NO2/c1-11-4-2-5-12(8-11)9-16-10-13-6-3-7-14(17)15(13)18/h3,6-7,11-12,16-18H,2,4-5,8-10H2,1H3. The molecule has 3 heteroatoms. The molecule has 2 unspecified atom stereocenters. The summed E-state index contributed by atoms with van der Waals surface area (Å²) in [7, 11) is 0. The normalized spacial score (nSPS) is 24.1. The average Bonchev–Trinajstić information content (AvgIpc) is 2.35. The smallest absolute Gasteiger partial charge is 0.161 e. The van der Waals surface area contributed by atoms with E-state index in [1.54, 1.807) is 6.07 Å². The average molecular weight is 249 g/mol. The fourth-order valence-corrected chi connectivity index (χ4v) is 2.88. The number of benzene rings is 1. The molecule has 1 fully saturated rings. The Hall–Kier alpha value is -1.22. The molecule has 1 aromatic rings. The Morgan fingerprint density at radius 2 is 2.11 bits per heavy atom. The molecule has 2 rings (SSSR count). The summed E-state index contributed by atoms with van der Waals surface area (Å²) in [4.78, 5) is 0. The van der Waals surface area contributed by atoms with Crippen molar-refractivity contribution in [2.45, 2.75) is 39.2 Å². The highest BCUT2D eigenvalue weighted by Crippen LogP contribution is 2.29. The second-order valence-corrected chi connectivity index (χ2v) is 5.55. The predicted molar refractivity (Wildman–Crippen MR) is 72.6 cm³/mol. The molecule has 0 saturated heterocycles. The van der Waals surface area contributed by atoms with Gasteiger partial charge in [-0.05, 0) is 37.3 Å². The van der Waals surface area contributed by atoms with Gasteiger partial charge in [0.15, 0.2) is 11.5 Å². The Bertz CT molecular complexity index is 392. The summed E-state index contributed by atoms with van der Waals surface area (Å²) < 4.78 is 0. The number of aromatic hydroxyl groups is 2. The monoisotopic (exact) mass is 249 g/mol. The molecular weight excluding hydrogens is 226 g/mol. The summed E-state index contributed by atoms with van der Waals surface area (Å²) >= 11 is 0. The van der Waals surface area contributed by atoms with E-state index in [1.165, 1.54) is 31.7 Å². The number of phenols is 2. The van der Waals surface area contributed by atoms with Crippen LogP contribution in [0.3, 0.4) is 0 Å². The van der Waals surface area contributed by atoms with Crippen LogP contribution in [-0.2, 0) is 6.54 Å². The number of rotatable bonds is 4. The summed E-state index contributed by atoms with van der Waals surface area (Å²) in [6, 6.07) is 5.10. The van der Waals surface area contributed by atoms with E-state index in [2.05, 4.69) is 12.2 Å². The summed E-state index contributed by atoms with van der Waals surface area (Å²) in [5, 5.41) is 22.5. The first-order chi connectivity index (χ1) is 8.66. The van der Waals surface area contributed by atoms with Crippen molar-refractivity contribution < 1.29 is 10.2 Å². The van der Waals surface area contributed by atoms with Crippen LogP contribution in [0, 0.1) is 11.8 Å². The summed E-state index contributed by atoms with van der Waals surface area (Å²) in [5.74, 6) is 1.57. The molecule has 1 aliphatic carbocycles. The highest BCUT2D eigenvalue weighted by Gasteiger charge is 2.18. The Labute approximate surface area is 109 Å². The van der Waals surface area contributed by atoms with E-state index in [4.69, 9.17) is 0 Å². The Morgan fingerprint density at radius 3 is 2.89 bits per heavy atom. The van der Waals surface area contributed by atoms with E-state index < -0.39 is 0 Å². The van der Waals surface area contributed by atoms with Crippen molar-refractivity contribution in [2.24, 2.45) is 11.8 Å². The first-order valence-electron chi connectivity index (χ1n) is 6.87. The van der Waals surface area contributed by atoms with Crippen molar-refractivity contribution in [1.29, 1.82) is 0 Å². The molecular formula is C15H23NO2. The molecule has 100 valence electrons. The summed E-state index contributed by atoms with van der Waals surface area (Å²) in [5.41, 5.74) is 0.763. The van der Waals surface area contributed by atoms with Gasteiger partial charge in [-0.1, -0.05) is 31.9 Å². The quantitative estimate of drug-likeness (QED) is 0.719. The van der Waals surface area contributed by atoms with Crippen molar-refractivity contribution in [1.82, 2.24) is 5.32 Å². The van der Waals surface area contributed by atoms with Crippen LogP contribution in [0.25, 0.3) is 0 Å². The van der Waals surface area contributed by atoms with E-state index in [9.17, 15) is 10.2 Å². The third kappa shape index (κ3) is 3.39. The van der Waals surface area contributed by atoms with Gasteiger partial charge in [-0.2, -0.15) is 0 Å². The molecule has 0 radical (unpaired) electrons. The van der Waals surface area contributed by atoms with Crippen LogP contribution < -0.4 is 5.32 Å². The lowest BCUT2D eigenvalue weighted by Gasteiger charge is -2.26. The lowest BCUT2D eigenvalue weighted by atomic mass is 9.82. The van der Waals surface area contributed by atoms with Gasteiger partial charge in [0.2, 0.25) is 0 Å². The molecule has 0 bridgehead atoms. The van der Waals surface area contributed by atoms with E-state index in [0.717, 1.165) is 23.9 Å². The fourth-order valence-electron chi connectivity index (χ4n) is 2.88. The number of hydrogen-bond donors (Lipinski definition) is 3. The molecule has 18 heavy (non-hydrogen) atoms. The van der Waals surface area contributed by atoms with Crippen molar-refractivity contribution in [3.63, 3.8) is 0 Å². The van der Waals surface area contributed by atoms with Gasteiger partial charge in [-0.15, -0.1) is 0 Å². The van der Waals surface area contributed by atoms with Crippen molar-refractivity contribution >= 4 is 0 Å². The van der Waals surface area contributed by atoms with E-state index in [-0.39, 0.29) is 11.5 Å². The SMILES string of the molecule is CC1CCCC(CNCc2cccc(O)c2O)C1. The van der Waals surface area contributed by atoms with E-state index >= 15 is 0 Å². The molecule has 0 heterocycles. The topological polar surface area (TPSA) is 52.5 Å². The molecule has 3 nitrogen and oxygen atoms in total. The maximum atomic E-state index is 9.69. The molecule has 0 spiro atoms. The van der Waals surface area contributed by atoms with Crippen LogP contribution in [-0.4, -0.2) is 16.8 Å². The zero-order valence-electron chi connectivity index (χ0n) is 11.0. The lowest BCUT2D eigenvalue weighted by Crippen LogP contribution is -2.26. The molecule has 3 N–H and O–H groups in total. The number of phenolic OH excluding ortho intramolecular Hbond substituents is 2. The van der Waals surface area contributed by atoms with Crippen molar-refractivity contribution in [3.8, 4) is 11.5 Å². The first-order valence-corrected chi connectivity index (χ1v) is 6.87. The van der Waals surface area contributed by atoms with Crippen LogP contribution >= 0.6 is 0 Å². The van der Waals surface area contributed by atoms with Crippen molar-refractivity contribution in [3.05, 3.63) is 23.8 Å². The number of nitrogens with one attached hydrogen (secondary N) is 1. The van der Waals surface area contributed by atoms with Crippen LogP contribution in [0.15, 0.2) is 18.2 Å². The molecule has 1 aromatic carbocycles. The minimum absolute atomic E-state index is 0.00186. The van der Waals surface area contributed by atoms with Gasteiger partial charge in [0, 0.05) is 12.1 Å². The maximum Gasteiger partial charge on any atom is 0.161 e. The molecule has 2 atom stereocenters. The predicted octanol–water partition coefficient (Wildman–Crippen LogP) is 3.01. The molecule has 0 aromatic heterocycles. The van der Waals surface area contributed by atoms with Gasteiger partial charge in [0.05, 0.1) is 0 Å². The third-order valence-electron chi connectivity index (χ3n) is 3.89. The van der Waals surface area contributed by atoms with Gasteiger partial charge in [0.1, 0.15) is 0 Å². The van der Waals surface area contributed by atoms with Gasteiger partial charge >= 0.3 is 0 Å².